The third-order valence-corrected chi connectivity index (χ3v) is 8.20. The first-order chi connectivity index (χ1) is 20.6. The Morgan fingerprint density at radius 2 is 1.91 bits per heavy atom. The number of nitro groups is 1. The van der Waals surface area contributed by atoms with E-state index >= 15 is 0 Å². The van der Waals surface area contributed by atoms with Crippen LogP contribution < -0.4 is 15.4 Å². The summed E-state index contributed by atoms with van der Waals surface area (Å²) in [6.07, 6.45) is 1.98. The standard InChI is InChI=1S/C32H34N6O4S/c1-19-9-10-20(2)26(16-19)34-29(39)13-15-36-31(30(35-32(36)43)25-8-6-7-14-33-25)24-17-21(3)37(22(24)4)27-12-11-23(38(40)41)18-28(27)42-5/h6-12,14,16-18,30-31H,13,15H2,1-5H3,(H,34,39)(H,35,43)/t30-,31+/m1/s1. The lowest BCUT2D eigenvalue weighted by atomic mass is 9.96. The molecule has 3 heterocycles. The van der Waals surface area contributed by atoms with Crippen molar-refractivity contribution in [3.63, 3.8) is 0 Å². The van der Waals surface area contributed by atoms with E-state index in [1.54, 1.807) is 12.3 Å². The van der Waals surface area contributed by atoms with E-state index in [0.29, 0.717) is 23.1 Å². The molecular formula is C32H34N6O4S. The number of aryl methyl sites for hydroxylation is 3. The highest BCUT2D eigenvalue weighted by Gasteiger charge is 2.41. The number of carbonyl (C=O) groups is 1. The summed E-state index contributed by atoms with van der Waals surface area (Å²) >= 11 is 5.83. The number of aromatic nitrogens is 2. The Balaban J connectivity index is 1.50. The average Bonchev–Trinajstić information content (AvgIpc) is 3.47. The molecule has 2 aromatic heterocycles. The molecule has 1 aliphatic rings. The molecule has 222 valence electrons. The average molecular weight is 599 g/mol. The molecule has 4 aromatic rings. The number of pyridine rings is 1. The zero-order valence-electron chi connectivity index (χ0n) is 24.7. The number of hydrogen-bond donors (Lipinski definition) is 2. The van der Waals surface area contributed by atoms with Gasteiger partial charge in [-0.25, -0.2) is 0 Å². The molecule has 1 amide bonds. The molecule has 2 N–H and O–H groups in total. The van der Waals surface area contributed by atoms with Gasteiger partial charge in [0.05, 0.1) is 41.6 Å². The van der Waals surface area contributed by atoms with E-state index in [1.807, 2.05) is 68.7 Å². The Morgan fingerprint density at radius 3 is 2.60 bits per heavy atom. The van der Waals surface area contributed by atoms with Crippen molar-refractivity contribution < 1.29 is 14.5 Å². The van der Waals surface area contributed by atoms with Gasteiger partial charge in [0.2, 0.25) is 5.91 Å². The molecule has 1 fully saturated rings. The number of nitro benzene ring substituents is 1. The van der Waals surface area contributed by atoms with Gasteiger partial charge < -0.3 is 24.8 Å². The number of benzene rings is 2. The molecule has 2 aromatic carbocycles. The van der Waals surface area contributed by atoms with Gasteiger partial charge in [0.25, 0.3) is 5.69 Å². The molecule has 0 saturated carbocycles. The topological polar surface area (TPSA) is 115 Å². The van der Waals surface area contributed by atoms with Crippen LogP contribution >= 0.6 is 12.2 Å². The molecule has 1 aliphatic heterocycles. The number of thiocarbonyl (C=S) groups is 1. The number of rotatable bonds is 9. The van der Waals surface area contributed by atoms with Crippen LogP contribution in [0.1, 0.15) is 52.3 Å². The van der Waals surface area contributed by atoms with Gasteiger partial charge in [-0.1, -0.05) is 18.2 Å². The van der Waals surface area contributed by atoms with Gasteiger partial charge in [0.15, 0.2) is 5.11 Å². The molecule has 0 bridgehead atoms. The van der Waals surface area contributed by atoms with Gasteiger partial charge in [0, 0.05) is 42.3 Å². The Morgan fingerprint density at radius 1 is 1.12 bits per heavy atom. The van der Waals surface area contributed by atoms with Gasteiger partial charge in [-0.2, -0.15) is 0 Å². The Bertz CT molecular complexity index is 1700. The molecule has 5 rings (SSSR count). The molecule has 0 radical (unpaired) electrons. The monoisotopic (exact) mass is 598 g/mol. The maximum absolute atomic E-state index is 13.1. The highest BCUT2D eigenvalue weighted by atomic mass is 32.1. The van der Waals surface area contributed by atoms with Gasteiger partial charge in [-0.05, 0) is 86.9 Å². The van der Waals surface area contributed by atoms with E-state index in [2.05, 4.69) is 26.6 Å². The third kappa shape index (κ3) is 5.94. The summed E-state index contributed by atoms with van der Waals surface area (Å²) in [7, 11) is 1.50. The number of hydrogen-bond acceptors (Lipinski definition) is 6. The van der Waals surface area contributed by atoms with Crippen LogP contribution in [0.5, 0.6) is 5.75 Å². The number of anilines is 1. The Labute approximate surface area is 255 Å². The van der Waals surface area contributed by atoms with Crippen molar-refractivity contribution in [2.45, 2.75) is 46.2 Å². The van der Waals surface area contributed by atoms with Crippen molar-refractivity contribution in [1.29, 1.82) is 0 Å². The van der Waals surface area contributed by atoms with Crippen LogP contribution in [0.3, 0.4) is 0 Å². The number of nitrogens with one attached hydrogen (secondary N) is 2. The minimum absolute atomic E-state index is 0.0471. The van der Waals surface area contributed by atoms with Gasteiger partial charge in [0.1, 0.15) is 5.75 Å². The molecule has 0 spiro atoms. The van der Waals surface area contributed by atoms with E-state index in [1.165, 1.54) is 19.2 Å². The first kappa shape index (κ1) is 29.7. The highest BCUT2D eigenvalue weighted by Crippen LogP contribution is 2.42. The quantitative estimate of drug-likeness (QED) is 0.137. The largest absolute Gasteiger partial charge is 0.494 e. The van der Waals surface area contributed by atoms with E-state index in [4.69, 9.17) is 17.0 Å². The number of amides is 1. The number of carbonyl (C=O) groups excluding carboxylic acids is 1. The van der Waals surface area contributed by atoms with E-state index in [9.17, 15) is 14.9 Å². The van der Waals surface area contributed by atoms with Crippen molar-refractivity contribution in [1.82, 2.24) is 19.8 Å². The van der Waals surface area contributed by atoms with Crippen LogP contribution in [0.2, 0.25) is 0 Å². The third-order valence-electron chi connectivity index (χ3n) is 7.85. The summed E-state index contributed by atoms with van der Waals surface area (Å²) in [5, 5.41) is 18.4. The SMILES string of the molecule is COc1cc([N+](=O)[O-])ccc1-n1c(C)cc([C@H]2[C@@H](c3ccccn3)NC(=S)N2CCC(=O)Nc2cc(C)ccc2C)c1C. The molecule has 2 atom stereocenters. The van der Waals surface area contributed by atoms with Crippen LogP contribution in [0.4, 0.5) is 11.4 Å². The predicted molar refractivity (Wildman–Crippen MR) is 170 cm³/mol. The minimum Gasteiger partial charge on any atom is -0.494 e. The molecule has 0 aliphatic carbocycles. The molecule has 43 heavy (non-hydrogen) atoms. The smallest absolute Gasteiger partial charge is 0.273 e. The van der Waals surface area contributed by atoms with Crippen molar-refractivity contribution in [3.05, 3.63) is 111 Å². The zero-order valence-corrected chi connectivity index (χ0v) is 25.6. The van der Waals surface area contributed by atoms with Crippen molar-refractivity contribution in [2.75, 3.05) is 19.0 Å². The second kappa shape index (κ2) is 12.2. The second-order valence-electron chi connectivity index (χ2n) is 10.7. The first-order valence-corrected chi connectivity index (χ1v) is 14.4. The summed E-state index contributed by atoms with van der Waals surface area (Å²) in [6, 6.07) is 17.9. The van der Waals surface area contributed by atoms with Crippen LogP contribution in [0.15, 0.2) is 66.9 Å². The maximum atomic E-state index is 13.1. The molecular weight excluding hydrogens is 564 g/mol. The van der Waals surface area contributed by atoms with Crippen molar-refractivity contribution in [2.24, 2.45) is 0 Å². The zero-order chi connectivity index (χ0) is 30.8. The normalized spacial score (nSPS) is 16.2. The fraction of sp³-hybridized carbons (Fsp3) is 0.281. The lowest BCUT2D eigenvalue weighted by Gasteiger charge is -2.28. The number of nitrogens with zero attached hydrogens (tertiary/aromatic N) is 4. The lowest BCUT2D eigenvalue weighted by Crippen LogP contribution is -2.33. The summed E-state index contributed by atoms with van der Waals surface area (Å²) < 4.78 is 7.60. The van der Waals surface area contributed by atoms with E-state index < -0.39 is 4.92 Å². The molecule has 1 saturated heterocycles. The fourth-order valence-electron chi connectivity index (χ4n) is 5.71. The van der Waals surface area contributed by atoms with Crippen LogP contribution in [-0.4, -0.2) is 44.0 Å². The number of ether oxygens (including phenoxy) is 1. The Hall–Kier alpha value is -4.77. The summed E-state index contributed by atoms with van der Waals surface area (Å²) in [5.41, 5.74) is 7.19. The van der Waals surface area contributed by atoms with Crippen LogP contribution in [-0.2, 0) is 4.79 Å². The van der Waals surface area contributed by atoms with Crippen LogP contribution in [0, 0.1) is 37.8 Å². The maximum Gasteiger partial charge on any atom is 0.273 e. The number of non-ortho nitro benzene ring substituents is 1. The van der Waals surface area contributed by atoms with Crippen LogP contribution in [0.25, 0.3) is 5.69 Å². The second-order valence-corrected chi connectivity index (χ2v) is 11.1. The Kier molecular flexibility index (Phi) is 8.45. The summed E-state index contributed by atoms with van der Waals surface area (Å²) in [4.78, 5) is 30.7. The minimum atomic E-state index is -0.440. The van der Waals surface area contributed by atoms with Crippen molar-refractivity contribution in [3.8, 4) is 11.4 Å². The summed E-state index contributed by atoms with van der Waals surface area (Å²) in [5.74, 6) is 0.293. The first-order valence-electron chi connectivity index (χ1n) is 14.0. The molecule has 0 unspecified atom stereocenters. The van der Waals surface area contributed by atoms with Gasteiger partial charge in [-0.15, -0.1) is 0 Å². The van der Waals surface area contributed by atoms with E-state index in [0.717, 1.165) is 39.5 Å². The van der Waals surface area contributed by atoms with Gasteiger partial charge in [-0.3, -0.25) is 19.9 Å². The number of methoxy groups -OCH3 is 1. The van der Waals surface area contributed by atoms with Crippen molar-refractivity contribution >= 4 is 34.6 Å². The molecule has 10 nitrogen and oxygen atoms in total. The lowest BCUT2D eigenvalue weighted by molar-refractivity contribution is -0.384. The predicted octanol–water partition coefficient (Wildman–Crippen LogP) is 6.02. The van der Waals surface area contributed by atoms with Gasteiger partial charge >= 0.3 is 0 Å². The molecule has 11 heteroatoms. The summed E-state index contributed by atoms with van der Waals surface area (Å²) in [6.45, 7) is 8.34. The highest BCUT2D eigenvalue weighted by molar-refractivity contribution is 7.80. The van der Waals surface area contributed by atoms with E-state index in [-0.39, 0.29) is 30.1 Å². The fourth-order valence-corrected chi connectivity index (χ4v) is 6.04.